The molecule has 0 atom stereocenters. The third kappa shape index (κ3) is 5.37. The van der Waals surface area contributed by atoms with Gasteiger partial charge in [0.05, 0.1) is 18.5 Å². The summed E-state index contributed by atoms with van der Waals surface area (Å²) in [6.45, 7) is 3.86. The average molecular weight is 484 g/mol. The molecule has 0 unspecified atom stereocenters. The van der Waals surface area contributed by atoms with E-state index in [0.717, 1.165) is 40.0 Å². The van der Waals surface area contributed by atoms with Crippen molar-refractivity contribution in [3.8, 4) is 17.3 Å². The molecular formula is C25H23F3N4O3. The molecule has 1 amide bonds. The summed E-state index contributed by atoms with van der Waals surface area (Å²) in [4.78, 5) is 17.2. The molecule has 0 saturated heterocycles. The van der Waals surface area contributed by atoms with E-state index in [1.165, 1.54) is 19.2 Å². The highest BCUT2D eigenvalue weighted by Gasteiger charge is 2.31. The van der Waals surface area contributed by atoms with Crippen LogP contribution in [-0.2, 0) is 11.2 Å². The van der Waals surface area contributed by atoms with Crippen LogP contribution in [0.2, 0.25) is 0 Å². The molecule has 35 heavy (non-hydrogen) atoms. The second kappa shape index (κ2) is 9.65. The number of hydrogen-bond donors (Lipinski definition) is 1. The van der Waals surface area contributed by atoms with E-state index in [2.05, 4.69) is 15.2 Å². The number of carbonyl (C=O) groups is 1. The summed E-state index contributed by atoms with van der Waals surface area (Å²) < 4.78 is 48.1. The lowest BCUT2D eigenvalue weighted by Gasteiger charge is -2.13. The van der Waals surface area contributed by atoms with Crippen molar-refractivity contribution >= 4 is 22.6 Å². The fourth-order valence-corrected chi connectivity index (χ4v) is 3.95. The summed E-state index contributed by atoms with van der Waals surface area (Å²) >= 11 is 0. The molecule has 0 spiro atoms. The van der Waals surface area contributed by atoms with E-state index in [4.69, 9.17) is 9.72 Å². The van der Waals surface area contributed by atoms with Gasteiger partial charge in [-0.15, -0.1) is 13.2 Å². The first-order valence-corrected chi connectivity index (χ1v) is 10.8. The van der Waals surface area contributed by atoms with Crippen LogP contribution in [0.5, 0.6) is 11.6 Å². The molecule has 4 aromatic rings. The van der Waals surface area contributed by atoms with Gasteiger partial charge >= 0.3 is 6.36 Å². The zero-order valence-corrected chi connectivity index (χ0v) is 19.3. The number of anilines is 1. The first-order valence-electron chi connectivity index (χ1n) is 10.8. The second-order valence-electron chi connectivity index (χ2n) is 7.88. The molecule has 0 saturated carbocycles. The van der Waals surface area contributed by atoms with Crippen LogP contribution in [0.1, 0.15) is 23.2 Å². The fraction of sp³-hybridized carbons (Fsp3) is 0.240. The van der Waals surface area contributed by atoms with E-state index >= 15 is 0 Å². The van der Waals surface area contributed by atoms with Gasteiger partial charge in [0.25, 0.3) is 0 Å². The Bertz CT molecular complexity index is 1350. The first-order chi connectivity index (χ1) is 16.7. The lowest BCUT2D eigenvalue weighted by molar-refractivity contribution is -0.274. The van der Waals surface area contributed by atoms with Crippen molar-refractivity contribution in [2.75, 3.05) is 12.4 Å². The normalized spacial score (nSPS) is 11.5. The Morgan fingerprint density at radius 3 is 2.37 bits per heavy atom. The fourth-order valence-electron chi connectivity index (χ4n) is 3.95. The molecule has 0 fully saturated rings. The van der Waals surface area contributed by atoms with Gasteiger partial charge in [-0.3, -0.25) is 4.79 Å². The number of methoxy groups -OCH3 is 1. The van der Waals surface area contributed by atoms with Crippen molar-refractivity contribution in [3.05, 3.63) is 71.4 Å². The lowest BCUT2D eigenvalue weighted by Crippen LogP contribution is -2.17. The van der Waals surface area contributed by atoms with Crippen LogP contribution in [0.15, 0.2) is 54.6 Å². The number of nitrogens with one attached hydrogen (secondary N) is 1. The lowest BCUT2D eigenvalue weighted by atomic mass is 10.0. The van der Waals surface area contributed by atoms with Crippen LogP contribution in [0.4, 0.5) is 18.9 Å². The van der Waals surface area contributed by atoms with Crippen molar-refractivity contribution in [3.63, 3.8) is 0 Å². The maximum atomic E-state index is 12.5. The van der Waals surface area contributed by atoms with Crippen LogP contribution in [0.3, 0.4) is 0 Å². The van der Waals surface area contributed by atoms with E-state index in [1.54, 1.807) is 4.68 Å². The van der Waals surface area contributed by atoms with Gasteiger partial charge in [-0.2, -0.15) is 10.1 Å². The van der Waals surface area contributed by atoms with Crippen molar-refractivity contribution in [2.24, 2.45) is 0 Å². The molecule has 2 heterocycles. The van der Waals surface area contributed by atoms with Crippen molar-refractivity contribution in [2.45, 2.75) is 33.1 Å². The van der Waals surface area contributed by atoms with Gasteiger partial charge in [-0.1, -0.05) is 18.2 Å². The molecule has 10 heteroatoms. The number of amides is 1. The van der Waals surface area contributed by atoms with Gasteiger partial charge in [0.2, 0.25) is 11.8 Å². The second-order valence-corrected chi connectivity index (χ2v) is 7.88. The number of halogens is 3. The van der Waals surface area contributed by atoms with Crippen LogP contribution in [0.25, 0.3) is 16.7 Å². The minimum atomic E-state index is -4.77. The Balaban J connectivity index is 1.53. The molecule has 0 aliphatic carbocycles. The maximum absolute atomic E-state index is 12.5. The summed E-state index contributed by atoms with van der Waals surface area (Å²) in [5.74, 6) is -0.247. The van der Waals surface area contributed by atoms with Crippen LogP contribution in [-0.4, -0.2) is 34.1 Å². The summed E-state index contributed by atoms with van der Waals surface area (Å²) in [6, 6.07) is 14.6. The molecule has 2 aromatic heterocycles. The molecule has 2 aromatic carbocycles. The molecule has 0 bridgehead atoms. The number of pyridine rings is 1. The monoisotopic (exact) mass is 484 g/mol. The number of benzene rings is 2. The number of rotatable bonds is 7. The Labute approximate surface area is 199 Å². The van der Waals surface area contributed by atoms with E-state index < -0.39 is 6.36 Å². The van der Waals surface area contributed by atoms with Gasteiger partial charge in [0.1, 0.15) is 5.75 Å². The third-order valence-corrected chi connectivity index (χ3v) is 5.50. The molecular weight excluding hydrogens is 461 g/mol. The quantitative estimate of drug-likeness (QED) is 0.374. The number of fused-ring (bicyclic) bond motifs is 1. The topological polar surface area (TPSA) is 78.3 Å². The summed E-state index contributed by atoms with van der Waals surface area (Å²) in [5.41, 5.74) is 4.42. The predicted molar refractivity (Wildman–Crippen MR) is 125 cm³/mol. The summed E-state index contributed by atoms with van der Waals surface area (Å²) in [6.07, 6.45) is -4.29. The Morgan fingerprint density at radius 2 is 1.74 bits per heavy atom. The zero-order valence-electron chi connectivity index (χ0n) is 19.3. The van der Waals surface area contributed by atoms with Crippen molar-refractivity contribution in [1.29, 1.82) is 0 Å². The number of nitrogens with zero attached hydrogens (tertiary/aromatic N) is 3. The molecule has 0 radical (unpaired) electrons. The third-order valence-electron chi connectivity index (χ3n) is 5.50. The van der Waals surface area contributed by atoms with Gasteiger partial charge in [-0.25, -0.2) is 4.68 Å². The van der Waals surface area contributed by atoms with Gasteiger partial charge in [-0.05, 0) is 62.2 Å². The molecule has 0 aliphatic rings. The van der Waals surface area contributed by atoms with Crippen molar-refractivity contribution in [1.82, 2.24) is 14.8 Å². The highest BCUT2D eigenvalue weighted by Crippen LogP contribution is 2.32. The van der Waals surface area contributed by atoms with E-state index in [1.807, 2.05) is 44.2 Å². The zero-order chi connectivity index (χ0) is 25.2. The molecule has 182 valence electrons. The number of carbonyl (C=O) groups excluding carboxylic acids is 1. The Kier molecular flexibility index (Phi) is 6.63. The smallest absolute Gasteiger partial charge is 0.481 e. The minimum Gasteiger partial charge on any atom is -0.481 e. The standard InChI is InChI=1S/C25H23F3N4O3/c1-15-20(13-14-21(33)29-17-9-11-19(12-10-17)35-25(26,27)28)24(34-3)30-23-22(15)16(2)31-32(23)18-7-5-4-6-8-18/h4-12H,13-14H2,1-3H3,(H,29,33). The molecule has 0 aliphatic heterocycles. The number of hydrogen-bond acceptors (Lipinski definition) is 5. The van der Waals surface area contributed by atoms with Crippen LogP contribution >= 0.6 is 0 Å². The van der Waals surface area contributed by atoms with Crippen LogP contribution < -0.4 is 14.8 Å². The van der Waals surface area contributed by atoms with E-state index in [0.29, 0.717) is 23.6 Å². The Hall–Kier alpha value is -4.08. The highest BCUT2D eigenvalue weighted by molar-refractivity contribution is 5.91. The number of aryl methyl sites for hydroxylation is 2. The largest absolute Gasteiger partial charge is 0.573 e. The number of aromatic nitrogens is 3. The summed E-state index contributed by atoms with van der Waals surface area (Å²) in [7, 11) is 1.53. The maximum Gasteiger partial charge on any atom is 0.573 e. The van der Waals surface area contributed by atoms with Gasteiger partial charge in [0, 0.05) is 23.1 Å². The predicted octanol–water partition coefficient (Wildman–Crippen LogP) is 5.52. The van der Waals surface area contributed by atoms with E-state index in [-0.39, 0.29) is 18.1 Å². The van der Waals surface area contributed by atoms with Gasteiger partial charge in [0.15, 0.2) is 5.65 Å². The molecule has 7 nitrogen and oxygen atoms in total. The first kappa shape index (κ1) is 24.1. The number of ether oxygens (including phenoxy) is 2. The molecule has 4 rings (SSSR count). The Morgan fingerprint density at radius 1 is 1.06 bits per heavy atom. The van der Waals surface area contributed by atoms with Crippen LogP contribution in [0, 0.1) is 13.8 Å². The summed E-state index contributed by atoms with van der Waals surface area (Å²) in [5, 5.41) is 8.23. The minimum absolute atomic E-state index is 0.122. The van der Waals surface area contributed by atoms with Crippen molar-refractivity contribution < 1.29 is 27.4 Å². The van der Waals surface area contributed by atoms with E-state index in [9.17, 15) is 18.0 Å². The number of alkyl halides is 3. The average Bonchev–Trinajstić information content (AvgIpc) is 3.15. The number of para-hydroxylation sites is 1. The SMILES string of the molecule is COc1nc2c(c(C)nn2-c2ccccc2)c(C)c1CCC(=O)Nc1ccc(OC(F)(F)F)cc1. The van der Waals surface area contributed by atoms with Gasteiger partial charge < -0.3 is 14.8 Å². The molecule has 1 N–H and O–H groups in total. The highest BCUT2D eigenvalue weighted by atomic mass is 19.4.